The Hall–Kier alpha value is -2.18. The number of carbonyl (C=O) groups excluding carboxylic acids is 2. The van der Waals surface area contributed by atoms with Crippen LogP contribution in [0.2, 0.25) is 0 Å². The van der Waals surface area contributed by atoms with Gasteiger partial charge in [-0.15, -0.1) is 0 Å². The van der Waals surface area contributed by atoms with Crippen molar-refractivity contribution in [3.05, 3.63) is 48.6 Å². The van der Waals surface area contributed by atoms with Crippen LogP contribution in [0.1, 0.15) is 296 Å². The van der Waals surface area contributed by atoms with E-state index < -0.39 is 12.1 Å². The zero-order chi connectivity index (χ0) is 47.9. The van der Waals surface area contributed by atoms with E-state index in [1.165, 1.54) is 180 Å². The van der Waals surface area contributed by atoms with Gasteiger partial charge >= 0.3 is 5.97 Å². The van der Waals surface area contributed by atoms with Crippen molar-refractivity contribution < 1.29 is 24.5 Å². The van der Waals surface area contributed by atoms with Crippen molar-refractivity contribution in [1.29, 1.82) is 0 Å². The van der Waals surface area contributed by atoms with Gasteiger partial charge in [-0.05, 0) is 89.9 Å². The topological polar surface area (TPSA) is 95.9 Å². The molecule has 6 heteroatoms. The number of ether oxygens (including phenoxy) is 1. The summed E-state index contributed by atoms with van der Waals surface area (Å²) in [7, 11) is 0. The molecule has 0 aromatic rings. The minimum absolute atomic E-state index is 0.0296. The first-order valence-corrected chi connectivity index (χ1v) is 28.9. The molecule has 2 atom stereocenters. The third kappa shape index (κ3) is 51.2. The maximum absolute atomic E-state index is 12.5. The molecule has 6 nitrogen and oxygen atoms in total. The van der Waals surface area contributed by atoms with Crippen LogP contribution in [-0.2, 0) is 14.3 Å². The second-order valence-electron chi connectivity index (χ2n) is 19.6. The van der Waals surface area contributed by atoms with Crippen molar-refractivity contribution in [2.24, 2.45) is 0 Å². The quantitative estimate of drug-likeness (QED) is 0.0244. The number of esters is 1. The lowest BCUT2D eigenvalue weighted by molar-refractivity contribution is -0.143. The molecule has 0 saturated carbocycles. The van der Waals surface area contributed by atoms with E-state index >= 15 is 0 Å². The number of hydrogen-bond donors (Lipinski definition) is 3. The van der Waals surface area contributed by atoms with E-state index in [0.717, 1.165) is 83.5 Å². The number of allylic oxidation sites excluding steroid dienone is 8. The van der Waals surface area contributed by atoms with E-state index in [1.807, 2.05) is 0 Å². The standard InChI is InChI=1S/C60H111NO5/c1-3-5-7-9-11-13-15-17-19-21-24-28-32-36-40-44-48-52-58(63)57(56-62)61-59(64)53-49-45-41-37-33-29-25-23-27-31-35-39-43-47-51-55-66-60(65)54-50-46-42-38-34-30-26-22-20-18-16-14-12-10-8-6-4-2/h12,14,18,20,23,27,31,35,57-58,62-63H,3-11,13,15-17,19,21-22,24-26,28-30,32-34,36-56H2,1-2H3,(H,61,64)/b14-12-,20-18-,27-23-,35-31-. The van der Waals surface area contributed by atoms with Crippen molar-refractivity contribution in [1.82, 2.24) is 5.32 Å². The molecule has 0 saturated heterocycles. The molecule has 0 radical (unpaired) electrons. The van der Waals surface area contributed by atoms with Gasteiger partial charge in [0, 0.05) is 12.8 Å². The summed E-state index contributed by atoms with van der Waals surface area (Å²) >= 11 is 0. The molecule has 2 unspecified atom stereocenters. The number of hydrogen-bond acceptors (Lipinski definition) is 5. The van der Waals surface area contributed by atoms with Gasteiger partial charge in [0.25, 0.3) is 0 Å². The Morgan fingerprint density at radius 3 is 1.27 bits per heavy atom. The molecule has 386 valence electrons. The molecular weight excluding hydrogens is 815 g/mol. The summed E-state index contributed by atoms with van der Waals surface area (Å²) in [6.45, 7) is 4.87. The Morgan fingerprint density at radius 2 is 0.803 bits per heavy atom. The second kappa shape index (κ2) is 55.4. The molecule has 0 aliphatic rings. The highest BCUT2D eigenvalue weighted by Crippen LogP contribution is 2.16. The van der Waals surface area contributed by atoms with E-state index in [2.05, 4.69) is 67.8 Å². The SMILES string of the molecule is CCCCC/C=C\C/C=C\CCCCCCCCCC(=O)OCCCCC/C=C\C=C/CCCCCCCCC(=O)NC(CO)C(O)CCCCCCCCCCCCCCCCCCC. The molecule has 0 fully saturated rings. The van der Waals surface area contributed by atoms with Crippen molar-refractivity contribution in [3.8, 4) is 0 Å². The number of nitrogens with one attached hydrogen (secondary N) is 1. The van der Waals surface area contributed by atoms with E-state index in [-0.39, 0.29) is 18.5 Å². The fraction of sp³-hybridized carbons (Fsp3) is 0.833. The summed E-state index contributed by atoms with van der Waals surface area (Å²) < 4.78 is 5.45. The molecular formula is C60H111NO5. The Morgan fingerprint density at radius 1 is 0.439 bits per heavy atom. The van der Waals surface area contributed by atoms with Gasteiger partial charge < -0.3 is 20.3 Å². The van der Waals surface area contributed by atoms with E-state index in [1.54, 1.807) is 0 Å². The molecule has 0 bridgehead atoms. The lowest BCUT2D eigenvalue weighted by atomic mass is 10.0. The van der Waals surface area contributed by atoms with Crippen molar-refractivity contribution in [2.75, 3.05) is 13.2 Å². The largest absolute Gasteiger partial charge is 0.466 e. The molecule has 1 amide bonds. The smallest absolute Gasteiger partial charge is 0.305 e. The minimum atomic E-state index is -0.680. The number of unbranched alkanes of at least 4 members (excludes halogenated alkanes) is 35. The highest BCUT2D eigenvalue weighted by molar-refractivity contribution is 5.76. The summed E-state index contributed by atoms with van der Waals surface area (Å²) in [5, 5.41) is 23.3. The average molecular weight is 927 g/mol. The normalized spacial score (nSPS) is 13.0. The molecule has 0 aliphatic carbocycles. The van der Waals surface area contributed by atoms with Crippen molar-refractivity contribution in [2.45, 2.75) is 309 Å². The number of aliphatic hydroxyl groups excluding tert-OH is 2. The van der Waals surface area contributed by atoms with E-state index in [9.17, 15) is 19.8 Å². The Bertz CT molecular complexity index is 1110. The first kappa shape index (κ1) is 63.8. The lowest BCUT2D eigenvalue weighted by Gasteiger charge is -2.22. The van der Waals surface area contributed by atoms with Crippen LogP contribution in [0.5, 0.6) is 0 Å². The summed E-state index contributed by atoms with van der Waals surface area (Å²) in [4.78, 5) is 24.5. The first-order valence-electron chi connectivity index (χ1n) is 28.9. The highest BCUT2D eigenvalue weighted by atomic mass is 16.5. The zero-order valence-corrected chi connectivity index (χ0v) is 43.9. The van der Waals surface area contributed by atoms with Gasteiger partial charge in [-0.3, -0.25) is 9.59 Å². The van der Waals surface area contributed by atoms with E-state index in [0.29, 0.717) is 25.9 Å². The Labute approximate surface area is 410 Å². The zero-order valence-electron chi connectivity index (χ0n) is 43.9. The van der Waals surface area contributed by atoms with Crippen LogP contribution < -0.4 is 5.32 Å². The number of amides is 1. The molecule has 0 aromatic carbocycles. The van der Waals surface area contributed by atoms with Crippen LogP contribution in [0.25, 0.3) is 0 Å². The van der Waals surface area contributed by atoms with Gasteiger partial charge in [0.2, 0.25) is 5.91 Å². The molecule has 0 heterocycles. The van der Waals surface area contributed by atoms with Crippen molar-refractivity contribution in [3.63, 3.8) is 0 Å². The fourth-order valence-electron chi connectivity index (χ4n) is 8.66. The Kier molecular flexibility index (Phi) is 53.6. The summed E-state index contributed by atoms with van der Waals surface area (Å²) in [6, 6.07) is -0.560. The molecule has 0 rings (SSSR count). The number of carbonyl (C=O) groups is 2. The van der Waals surface area contributed by atoms with E-state index in [4.69, 9.17) is 4.74 Å². The van der Waals surface area contributed by atoms with Crippen LogP contribution in [0, 0.1) is 0 Å². The molecule has 0 aliphatic heterocycles. The Balaban J connectivity index is 3.52. The maximum Gasteiger partial charge on any atom is 0.305 e. The van der Waals surface area contributed by atoms with Crippen LogP contribution in [0.15, 0.2) is 48.6 Å². The predicted molar refractivity (Wildman–Crippen MR) is 287 cm³/mol. The molecule has 0 spiro atoms. The first-order chi connectivity index (χ1) is 32.5. The van der Waals surface area contributed by atoms with Gasteiger partial charge in [-0.1, -0.05) is 242 Å². The van der Waals surface area contributed by atoms with Gasteiger partial charge in [0.1, 0.15) is 0 Å². The lowest BCUT2D eigenvalue weighted by Crippen LogP contribution is -2.45. The van der Waals surface area contributed by atoms with Gasteiger partial charge in [0.15, 0.2) is 0 Å². The molecule has 0 aromatic heterocycles. The monoisotopic (exact) mass is 926 g/mol. The van der Waals surface area contributed by atoms with Crippen LogP contribution >= 0.6 is 0 Å². The van der Waals surface area contributed by atoms with Gasteiger partial charge in [-0.25, -0.2) is 0 Å². The minimum Gasteiger partial charge on any atom is -0.466 e. The van der Waals surface area contributed by atoms with Gasteiger partial charge in [-0.2, -0.15) is 0 Å². The number of aliphatic hydroxyl groups is 2. The fourth-order valence-corrected chi connectivity index (χ4v) is 8.66. The summed E-state index contributed by atoms with van der Waals surface area (Å²) in [5.74, 6) is -0.0868. The molecule has 3 N–H and O–H groups in total. The predicted octanol–water partition coefficient (Wildman–Crippen LogP) is 17.8. The third-order valence-corrected chi connectivity index (χ3v) is 13.1. The van der Waals surface area contributed by atoms with Crippen LogP contribution in [0.3, 0.4) is 0 Å². The highest BCUT2D eigenvalue weighted by Gasteiger charge is 2.20. The third-order valence-electron chi connectivity index (χ3n) is 13.1. The average Bonchev–Trinajstić information content (AvgIpc) is 3.32. The second-order valence-corrected chi connectivity index (χ2v) is 19.6. The maximum atomic E-state index is 12.5. The summed E-state index contributed by atoms with van der Waals surface area (Å²) in [5.41, 5.74) is 0. The van der Waals surface area contributed by atoms with Gasteiger partial charge in [0.05, 0.1) is 25.4 Å². The van der Waals surface area contributed by atoms with Crippen molar-refractivity contribution >= 4 is 11.9 Å². The van der Waals surface area contributed by atoms with Crippen LogP contribution in [-0.4, -0.2) is 47.4 Å². The summed E-state index contributed by atoms with van der Waals surface area (Å²) in [6.07, 6.45) is 69.5. The molecule has 66 heavy (non-hydrogen) atoms. The van der Waals surface area contributed by atoms with Crippen LogP contribution in [0.4, 0.5) is 0 Å². The number of rotatable bonds is 53.